The second-order valence-corrected chi connectivity index (χ2v) is 2.08. The van der Waals surface area contributed by atoms with E-state index in [0.29, 0.717) is 0 Å². The summed E-state index contributed by atoms with van der Waals surface area (Å²) in [6.45, 7) is 0. The first-order chi connectivity index (χ1) is 5.79. The molecular weight excluding hydrogens is 179 g/mol. The summed E-state index contributed by atoms with van der Waals surface area (Å²) in [7, 11) is 0. The molecule has 0 bridgehead atoms. The van der Waals surface area contributed by atoms with Gasteiger partial charge in [-0.15, -0.1) is 0 Å². The van der Waals surface area contributed by atoms with Crippen LogP contribution in [0.15, 0.2) is 36.6 Å². The molecule has 1 aromatic rings. The van der Waals surface area contributed by atoms with Crippen LogP contribution >= 0.6 is 0 Å². The van der Waals surface area contributed by atoms with E-state index in [1.807, 2.05) is 30.3 Å². The van der Waals surface area contributed by atoms with Crippen molar-refractivity contribution in [3.8, 4) is 0 Å². The minimum absolute atomic E-state index is 0. The van der Waals surface area contributed by atoms with Gasteiger partial charge in [0.1, 0.15) is 0 Å². The van der Waals surface area contributed by atoms with Crippen LogP contribution in [0.4, 0.5) is 4.79 Å². The van der Waals surface area contributed by atoms with Crippen molar-refractivity contribution < 1.29 is 44.2 Å². The van der Waals surface area contributed by atoms with Gasteiger partial charge in [-0.1, -0.05) is 30.3 Å². The van der Waals surface area contributed by atoms with Crippen LogP contribution < -0.4 is 34.7 Å². The molecule has 3 nitrogen and oxygen atoms in total. The van der Waals surface area contributed by atoms with Gasteiger partial charge in [0.15, 0.2) is 0 Å². The molecule has 1 rings (SSSR count). The molecule has 0 spiro atoms. The Morgan fingerprint density at radius 3 is 2.46 bits per heavy atom. The smallest absolute Gasteiger partial charge is 0.522 e. The maximum atomic E-state index is 9.80. The number of ether oxygens (including phenoxy) is 1. The number of carbonyl (C=O) groups is 1. The number of benzene rings is 1. The fourth-order valence-electron chi connectivity index (χ4n) is 0.732. The molecule has 0 fully saturated rings. The predicted molar refractivity (Wildman–Crippen MR) is 42.0 cm³/mol. The van der Waals surface area contributed by atoms with Crippen molar-refractivity contribution in [3.63, 3.8) is 0 Å². The fourth-order valence-corrected chi connectivity index (χ4v) is 0.732. The van der Waals surface area contributed by atoms with Crippen molar-refractivity contribution in [2.24, 2.45) is 0 Å². The third kappa shape index (κ3) is 5.47. The van der Waals surface area contributed by atoms with Crippen LogP contribution in [0, 0.1) is 0 Å². The summed E-state index contributed by atoms with van der Waals surface area (Å²) >= 11 is 0. The van der Waals surface area contributed by atoms with Gasteiger partial charge in [0.25, 0.3) is 6.16 Å². The maximum absolute atomic E-state index is 9.80. The number of rotatable bonds is 2. The zero-order valence-electron chi connectivity index (χ0n) is 7.27. The van der Waals surface area contributed by atoms with E-state index in [9.17, 15) is 9.90 Å². The summed E-state index contributed by atoms with van der Waals surface area (Å²) in [5.41, 5.74) is 0.874. The minimum atomic E-state index is -1.55. The molecule has 0 aromatic heterocycles. The zero-order chi connectivity index (χ0) is 8.81. The Labute approximate surface area is 98.3 Å². The van der Waals surface area contributed by atoms with Crippen molar-refractivity contribution >= 4 is 12.2 Å². The average Bonchev–Trinajstić information content (AvgIpc) is 2.05. The third-order valence-corrected chi connectivity index (χ3v) is 1.22. The second-order valence-electron chi connectivity index (χ2n) is 2.08. The number of hydrogen-bond donors (Lipinski definition) is 0. The van der Waals surface area contributed by atoms with Gasteiger partial charge in [-0.3, -0.25) is 0 Å². The second kappa shape index (κ2) is 6.71. The molecule has 0 saturated heterocycles. The molecule has 0 aliphatic carbocycles. The first-order valence-corrected chi connectivity index (χ1v) is 3.38. The molecule has 0 radical (unpaired) electrons. The molecule has 13 heavy (non-hydrogen) atoms. The summed E-state index contributed by atoms with van der Waals surface area (Å²) in [4.78, 5) is 9.80. The molecule has 4 heteroatoms. The van der Waals surface area contributed by atoms with E-state index in [0.717, 1.165) is 11.8 Å². The monoisotopic (exact) mass is 186 g/mol. The predicted octanol–water partition coefficient (Wildman–Crippen LogP) is -1.98. The molecule has 1 aromatic carbocycles. The molecular formula is C9H7NaO3. The van der Waals surface area contributed by atoms with Crippen LogP contribution in [0.3, 0.4) is 0 Å². The zero-order valence-corrected chi connectivity index (χ0v) is 9.27. The SMILES string of the molecule is O=C([O-])OC=Cc1ccccc1.[Na+]. The molecule has 0 heterocycles. The minimum Gasteiger partial charge on any atom is -0.522 e. The van der Waals surface area contributed by atoms with Gasteiger partial charge in [0, 0.05) is 6.26 Å². The molecule has 0 N–H and O–H groups in total. The van der Waals surface area contributed by atoms with Crippen LogP contribution in [0.1, 0.15) is 5.56 Å². The Kier molecular flexibility index (Phi) is 6.32. The number of hydrogen-bond acceptors (Lipinski definition) is 3. The topological polar surface area (TPSA) is 49.4 Å². The summed E-state index contributed by atoms with van der Waals surface area (Å²) < 4.78 is 4.07. The Morgan fingerprint density at radius 2 is 1.92 bits per heavy atom. The molecule has 0 aliphatic rings. The Balaban J connectivity index is 0.00000144. The van der Waals surface area contributed by atoms with Gasteiger partial charge in [-0.2, -0.15) is 0 Å². The first kappa shape index (κ1) is 12.2. The van der Waals surface area contributed by atoms with Gasteiger partial charge < -0.3 is 14.6 Å². The van der Waals surface area contributed by atoms with Crippen LogP contribution in [0.25, 0.3) is 6.08 Å². The standard InChI is InChI=1S/C9H8O3.Na/c10-9(11)12-7-6-8-4-2-1-3-5-8;/h1-7H,(H,10,11);/q;+1/p-1. The van der Waals surface area contributed by atoms with Crippen LogP contribution in [0.2, 0.25) is 0 Å². The van der Waals surface area contributed by atoms with E-state index in [1.54, 1.807) is 0 Å². The van der Waals surface area contributed by atoms with E-state index >= 15 is 0 Å². The van der Waals surface area contributed by atoms with E-state index in [4.69, 9.17) is 0 Å². The quantitative estimate of drug-likeness (QED) is 0.305. The van der Waals surface area contributed by atoms with E-state index in [-0.39, 0.29) is 29.6 Å². The summed E-state index contributed by atoms with van der Waals surface area (Å²) in [6.07, 6.45) is 1.06. The first-order valence-electron chi connectivity index (χ1n) is 3.38. The Morgan fingerprint density at radius 1 is 1.31 bits per heavy atom. The summed E-state index contributed by atoms with van der Waals surface area (Å²) in [6, 6.07) is 9.22. The van der Waals surface area contributed by atoms with Crippen LogP contribution in [0.5, 0.6) is 0 Å². The van der Waals surface area contributed by atoms with Crippen LogP contribution in [-0.2, 0) is 4.74 Å². The van der Waals surface area contributed by atoms with Gasteiger partial charge >= 0.3 is 29.6 Å². The molecule has 0 atom stereocenters. The Hall–Kier alpha value is -0.770. The fraction of sp³-hybridized carbons (Fsp3) is 0. The Bertz CT molecular complexity index is 282. The van der Waals surface area contributed by atoms with E-state index < -0.39 is 6.16 Å². The number of carbonyl (C=O) groups excluding carboxylic acids is 1. The van der Waals surface area contributed by atoms with Crippen molar-refractivity contribution in [3.05, 3.63) is 42.2 Å². The van der Waals surface area contributed by atoms with Crippen molar-refractivity contribution in [2.75, 3.05) is 0 Å². The van der Waals surface area contributed by atoms with Gasteiger partial charge in [0.2, 0.25) is 0 Å². The van der Waals surface area contributed by atoms with Crippen LogP contribution in [-0.4, -0.2) is 6.16 Å². The van der Waals surface area contributed by atoms with Gasteiger partial charge in [-0.25, -0.2) is 0 Å². The number of carboxylic acid groups (broad SMARTS) is 1. The summed E-state index contributed by atoms with van der Waals surface area (Å²) in [5, 5.41) is 9.80. The van der Waals surface area contributed by atoms with Gasteiger partial charge in [0.05, 0.1) is 0 Å². The van der Waals surface area contributed by atoms with Crippen molar-refractivity contribution in [1.82, 2.24) is 0 Å². The maximum Gasteiger partial charge on any atom is 1.00 e. The average molecular weight is 186 g/mol. The molecule has 62 valence electrons. The normalized spacial score (nSPS) is 9.23. The van der Waals surface area contributed by atoms with Gasteiger partial charge in [-0.05, 0) is 11.6 Å². The van der Waals surface area contributed by atoms with Crippen molar-refractivity contribution in [1.29, 1.82) is 0 Å². The molecule has 0 saturated carbocycles. The van der Waals surface area contributed by atoms with E-state index in [1.165, 1.54) is 6.08 Å². The summed E-state index contributed by atoms with van der Waals surface area (Å²) in [5.74, 6) is 0. The van der Waals surface area contributed by atoms with Crippen molar-refractivity contribution in [2.45, 2.75) is 0 Å². The third-order valence-electron chi connectivity index (χ3n) is 1.22. The largest absolute Gasteiger partial charge is 1.00 e. The molecule has 0 amide bonds. The van der Waals surface area contributed by atoms with E-state index in [2.05, 4.69) is 4.74 Å². The molecule has 0 unspecified atom stereocenters. The molecule has 0 aliphatic heterocycles.